The largest absolute Gasteiger partial charge is 0.399 e. The van der Waals surface area contributed by atoms with Crippen molar-refractivity contribution in [2.45, 2.75) is 18.7 Å². The Morgan fingerprint density at radius 2 is 1.83 bits per heavy atom. The average molecular weight is 397 g/mol. The van der Waals surface area contributed by atoms with Gasteiger partial charge < -0.3 is 4.84 Å². The Kier molecular flexibility index (Phi) is 5.43. The Bertz CT molecular complexity index is 831. The van der Waals surface area contributed by atoms with E-state index < -0.39 is 10.0 Å². The standard InChI is InChI=1S/C16H17BrN2O3S/c1-11-4-7-14(8-5-11)23(20,21)19-16-9-6-13(17)10-15(16)12(2)18-22-3/h4-10,19H,1-3H3/b18-12-. The Hall–Kier alpha value is -1.86. The van der Waals surface area contributed by atoms with Crippen LogP contribution in [0.3, 0.4) is 0 Å². The summed E-state index contributed by atoms with van der Waals surface area (Å²) in [5, 5.41) is 3.87. The topological polar surface area (TPSA) is 67.8 Å². The molecule has 0 amide bonds. The number of halogens is 1. The first-order valence-electron chi connectivity index (χ1n) is 6.80. The van der Waals surface area contributed by atoms with Crippen LogP contribution >= 0.6 is 15.9 Å². The number of hydrogen-bond donors (Lipinski definition) is 1. The van der Waals surface area contributed by atoms with Gasteiger partial charge in [0.05, 0.1) is 16.3 Å². The molecule has 7 heteroatoms. The van der Waals surface area contributed by atoms with Crippen molar-refractivity contribution in [1.82, 2.24) is 0 Å². The predicted octanol–water partition coefficient (Wildman–Crippen LogP) is 3.93. The van der Waals surface area contributed by atoms with Crippen molar-refractivity contribution in [3.63, 3.8) is 0 Å². The number of hydrogen-bond acceptors (Lipinski definition) is 4. The van der Waals surface area contributed by atoms with Crippen LogP contribution in [0.25, 0.3) is 0 Å². The van der Waals surface area contributed by atoms with Crippen LogP contribution in [0.2, 0.25) is 0 Å². The van der Waals surface area contributed by atoms with Crippen LogP contribution in [0, 0.1) is 6.92 Å². The molecule has 0 aliphatic heterocycles. The van der Waals surface area contributed by atoms with Gasteiger partial charge in [-0.1, -0.05) is 38.8 Å². The Morgan fingerprint density at radius 1 is 1.17 bits per heavy atom. The number of nitrogens with one attached hydrogen (secondary N) is 1. The van der Waals surface area contributed by atoms with E-state index in [0.29, 0.717) is 17.0 Å². The Balaban J connectivity index is 2.43. The maximum atomic E-state index is 12.5. The molecule has 0 atom stereocenters. The normalized spacial score (nSPS) is 12.1. The van der Waals surface area contributed by atoms with Gasteiger partial charge >= 0.3 is 0 Å². The fourth-order valence-corrected chi connectivity index (χ4v) is 3.45. The van der Waals surface area contributed by atoms with Gasteiger partial charge in [0.25, 0.3) is 10.0 Å². The molecule has 0 bridgehead atoms. The lowest BCUT2D eigenvalue weighted by Crippen LogP contribution is -2.15. The molecule has 1 N–H and O–H groups in total. The summed E-state index contributed by atoms with van der Waals surface area (Å²) in [5.41, 5.74) is 2.63. The number of anilines is 1. The lowest BCUT2D eigenvalue weighted by Gasteiger charge is -2.13. The van der Waals surface area contributed by atoms with E-state index in [1.807, 2.05) is 6.92 Å². The van der Waals surface area contributed by atoms with Crippen LogP contribution < -0.4 is 4.72 Å². The summed E-state index contributed by atoms with van der Waals surface area (Å²) in [5.74, 6) is 0. The van der Waals surface area contributed by atoms with Gasteiger partial charge in [-0.25, -0.2) is 8.42 Å². The minimum absolute atomic E-state index is 0.207. The highest BCUT2D eigenvalue weighted by molar-refractivity contribution is 9.10. The third-order valence-corrected chi connectivity index (χ3v) is 5.05. The van der Waals surface area contributed by atoms with Crippen LogP contribution in [0.4, 0.5) is 5.69 Å². The maximum absolute atomic E-state index is 12.5. The zero-order valence-electron chi connectivity index (χ0n) is 13.0. The number of nitrogens with zero attached hydrogens (tertiary/aromatic N) is 1. The highest BCUT2D eigenvalue weighted by Crippen LogP contribution is 2.25. The average Bonchev–Trinajstić information content (AvgIpc) is 2.49. The number of benzene rings is 2. The molecule has 0 aliphatic rings. The van der Waals surface area contributed by atoms with E-state index in [-0.39, 0.29) is 4.90 Å². The minimum atomic E-state index is -3.68. The molecule has 0 radical (unpaired) electrons. The first-order chi connectivity index (χ1) is 10.8. The van der Waals surface area contributed by atoms with Crippen molar-refractivity contribution in [2.75, 3.05) is 11.8 Å². The molecule has 0 aromatic heterocycles. The second-order valence-electron chi connectivity index (χ2n) is 4.97. The summed E-state index contributed by atoms with van der Waals surface area (Å²) in [7, 11) is -2.23. The molecule has 2 aromatic carbocycles. The monoisotopic (exact) mass is 396 g/mol. The third kappa shape index (κ3) is 4.33. The maximum Gasteiger partial charge on any atom is 0.261 e. The van der Waals surface area contributed by atoms with E-state index in [2.05, 4.69) is 25.8 Å². The minimum Gasteiger partial charge on any atom is -0.399 e. The molecule has 122 valence electrons. The van der Waals surface area contributed by atoms with E-state index in [9.17, 15) is 8.42 Å². The molecule has 0 spiro atoms. The summed E-state index contributed by atoms with van der Waals surface area (Å²) in [6, 6.07) is 11.9. The second-order valence-corrected chi connectivity index (χ2v) is 7.57. The first-order valence-corrected chi connectivity index (χ1v) is 9.08. The molecule has 0 saturated heterocycles. The summed E-state index contributed by atoms with van der Waals surface area (Å²) in [6.07, 6.45) is 0. The smallest absolute Gasteiger partial charge is 0.261 e. The van der Waals surface area contributed by atoms with Gasteiger partial charge in [-0.05, 0) is 44.2 Å². The van der Waals surface area contributed by atoms with E-state index >= 15 is 0 Å². The highest BCUT2D eigenvalue weighted by atomic mass is 79.9. The predicted molar refractivity (Wildman–Crippen MR) is 95.3 cm³/mol. The van der Waals surface area contributed by atoms with E-state index in [1.54, 1.807) is 49.4 Å². The zero-order valence-corrected chi connectivity index (χ0v) is 15.4. The Morgan fingerprint density at radius 3 is 2.43 bits per heavy atom. The zero-order chi connectivity index (χ0) is 17.0. The molecule has 0 fully saturated rings. The fourth-order valence-electron chi connectivity index (χ4n) is 2.01. The molecule has 23 heavy (non-hydrogen) atoms. The number of oxime groups is 1. The summed E-state index contributed by atoms with van der Waals surface area (Å²) < 4.78 is 28.5. The molecule has 0 heterocycles. The summed E-state index contributed by atoms with van der Waals surface area (Å²) in [6.45, 7) is 3.65. The second kappa shape index (κ2) is 7.14. The van der Waals surface area contributed by atoms with Gasteiger partial charge in [0, 0.05) is 10.0 Å². The van der Waals surface area contributed by atoms with E-state index in [4.69, 9.17) is 4.84 Å². The third-order valence-electron chi connectivity index (χ3n) is 3.18. The molecule has 0 saturated carbocycles. The van der Waals surface area contributed by atoms with Gasteiger partial charge in [0.1, 0.15) is 7.11 Å². The van der Waals surface area contributed by atoms with Gasteiger partial charge in [-0.3, -0.25) is 4.72 Å². The van der Waals surface area contributed by atoms with Crippen molar-refractivity contribution in [1.29, 1.82) is 0 Å². The van der Waals surface area contributed by atoms with Gasteiger partial charge in [0.2, 0.25) is 0 Å². The lowest BCUT2D eigenvalue weighted by atomic mass is 10.1. The number of sulfonamides is 1. The van der Waals surface area contributed by atoms with Crippen LogP contribution in [0.1, 0.15) is 18.1 Å². The quantitative estimate of drug-likeness (QED) is 0.614. The Labute approximate surface area is 144 Å². The number of rotatable bonds is 5. The molecular formula is C16H17BrN2O3S. The summed E-state index contributed by atoms with van der Waals surface area (Å²) >= 11 is 3.38. The van der Waals surface area contributed by atoms with E-state index in [0.717, 1.165) is 10.0 Å². The highest BCUT2D eigenvalue weighted by Gasteiger charge is 2.17. The molecule has 0 aliphatic carbocycles. The SMILES string of the molecule is CO/N=C(/C)c1cc(Br)ccc1NS(=O)(=O)c1ccc(C)cc1. The van der Waals surface area contributed by atoms with Crippen LogP contribution in [-0.4, -0.2) is 21.2 Å². The van der Waals surface area contributed by atoms with Crippen molar-refractivity contribution in [3.05, 3.63) is 58.1 Å². The molecular weight excluding hydrogens is 380 g/mol. The van der Waals surface area contributed by atoms with Crippen molar-refractivity contribution in [2.24, 2.45) is 5.16 Å². The van der Waals surface area contributed by atoms with Crippen LogP contribution in [-0.2, 0) is 14.9 Å². The van der Waals surface area contributed by atoms with E-state index in [1.165, 1.54) is 7.11 Å². The van der Waals surface area contributed by atoms with Crippen molar-refractivity contribution in [3.8, 4) is 0 Å². The summed E-state index contributed by atoms with van der Waals surface area (Å²) in [4.78, 5) is 4.98. The first kappa shape index (κ1) is 17.5. The van der Waals surface area contributed by atoms with Gasteiger partial charge in [-0.15, -0.1) is 0 Å². The van der Waals surface area contributed by atoms with Crippen LogP contribution in [0.15, 0.2) is 57.0 Å². The van der Waals surface area contributed by atoms with Crippen molar-refractivity contribution < 1.29 is 13.3 Å². The molecule has 2 rings (SSSR count). The molecule has 2 aromatic rings. The van der Waals surface area contributed by atoms with Gasteiger partial charge in [-0.2, -0.15) is 0 Å². The fraction of sp³-hybridized carbons (Fsp3) is 0.188. The van der Waals surface area contributed by atoms with Gasteiger partial charge in [0.15, 0.2) is 0 Å². The van der Waals surface area contributed by atoms with Crippen LogP contribution in [0.5, 0.6) is 0 Å². The lowest BCUT2D eigenvalue weighted by molar-refractivity contribution is 0.213. The molecule has 5 nitrogen and oxygen atoms in total. The van der Waals surface area contributed by atoms with Crippen molar-refractivity contribution >= 4 is 37.4 Å². The number of aryl methyl sites for hydroxylation is 1. The molecule has 0 unspecified atom stereocenters.